The summed E-state index contributed by atoms with van der Waals surface area (Å²) < 4.78 is 60.0. The molecule has 232 valence electrons. The van der Waals surface area contributed by atoms with Crippen molar-refractivity contribution in [3.05, 3.63) is 77.6 Å². The van der Waals surface area contributed by atoms with E-state index in [1.54, 1.807) is 6.07 Å². The first-order chi connectivity index (χ1) is 20.6. The summed E-state index contributed by atoms with van der Waals surface area (Å²) >= 11 is 0. The van der Waals surface area contributed by atoms with Crippen LogP contribution in [0.25, 0.3) is 11.1 Å². The third-order valence-corrected chi connectivity index (χ3v) is 7.48. The second kappa shape index (κ2) is 15.4. The molecule has 1 unspecified atom stereocenters. The molecule has 1 aliphatic carbocycles. The molecule has 3 aromatic rings. The summed E-state index contributed by atoms with van der Waals surface area (Å²) in [6.45, 7) is 5.84. The number of carbonyl (C=O) groups is 2. The van der Waals surface area contributed by atoms with E-state index in [9.17, 15) is 22.4 Å². The molecule has 1 saturated carbocycles. The number of benzene rings is 3. The summed E-state index contributed by atoms with van der Waals surface area (Å²) in [4.78, 5) is 22.9. The van der Waals surface area contributed by atoms with Gasteiger partial charge in [0.15, 0.2) is 0 Å². The van der Waals surface area contributed by atoms with Gasteiger partial charge in [0.2, 0.25) is 0 Å². The highest BCUT2D eigenvalue weighted by molar-refractivity contribution is 6.03. The van der Waals surface area contributed by atoms with Crippen LogP contribution in [0.15, 0.2) is 60.7 Å². The lowest BCUT2D eigenvalue weighted by Gasteiger charge is -2.35. The highest BCUT2D eigenvalue weighted by Crippen LogP contribution is 2.40. The highest BCUT2D eigenvalue weighted by Gasteiger charge is 2.36. The fourth-order valence-electron chi connectivity index (χ4n) is 5.36. The van der Waals surface area contributed by atoms with E-state index in [1.807, 2.05) is 32.9 Å². The predicted octanol–water partition coefficient (Wildman–Crippen LogP) is 9.50. The third kappa shape index (κ3) is 8.49. The van der Waals surface area contributed by atoms with Gasteiger partial charge >= 0.3 is 12.2 Å². The number of rotatable bonds is 4. The number of hydrogen-bond acceptors (Lipinski definition) is 3. The maximum Gasteiger partial charge on any atom is 0.418 e. The van der Waals surface area contributed by atoms with Crippen molar-refractivity contribution in [3.8, 4) is 16.9 Å². The molecule has 0 aromatic heterocycles. The number of anilines is 2. The van der Waals surface area contributed by atoms with Gasteiger partial charge in [-0.2, -0.15) is 13.2 Å². The van der Waals surface area contributed by atoms with Crippen LogP contribution < -0.4 is 15.0 Å². The SMILES string of the molecule is CC.CCC1CN(C(=O)Nc2ccc(F)cc2C(F)(F)F)c2ccc(-c3ccc(C4CCCCC4)cc3)cc2O1.O=CO. The number of amides is 2. The Morgan fingerprint density at radius 1 is 1.00 bits per heavy atom. The van der Waals surface area contributed by atoms with Gasteiger partial charge in [0, 0.05) is 0 Å². The summed E-state index contributed by atoms with van der Waals surface area (Å²) in [5.41, 5.74) is 2.03. The molecule has 0 spiro atoms. The van der Waals surface area contributed by atoms with Gasteiger partial charge < -0.3 is 15.2 Å². The van der Waals surface area contributed by atoms with Gasteiger partial charge in [-0.25, -0.2) is 9.18 Å². The van der Waals surface area contributed by atoms with Crippen molar-refractivity contribution in [1.29, 1.82) is 0 Å². The molecule has 2 N–H and O–H groups in total. The van der Waals surface area contributed by atoms with Crippen molar-refractivity contribution in [3.63, 3.8) is 0 Å². The van der Waals surface area contributed by atoms with Gasteiger partial charge in [-0.05, 0) is 72.2 Å². The molecule has 5 rings (SSSR count). The number of fused-ring (bicyclic) bond motifs is 1. The van der Waals surface area contributed by atoms with Crippen LogP contribution in [0.4, 0.5) is 33.7 Å². The zero-order valence-electron chi connectivity index (χ0n) is 24.6. The Kier molecular flexibility index (Phi) is 12.0. The maximum absolute atomic E-state index is 13.5. The second-order valence-corrected chi connectivity index (χ2v) is 10.1. The minimum Gasteiger partial charge on any atom is -0.486 e. The number of carboxylic acid groups (broad SMARTS) is 1. The molecule has 1 fully saturated rings. The number of urea groups is 1. The number of nitrogens with zero attached hydrogens (tertiary/aromatic N) is 1. The first kappa shape index (κ1) is 33.4. The minimum atomic E-state index is -4.82. The van der Waals surface area contributed by atoms with E-state index >= 15 is 0 Å². The van der Waals surface area contributed by atoms with Crippen molar-refractivity contribution in [2.75, 3.05) is 16.8 Å². The molecule has 1 atom stereocenters. The van der Waals surface area contributed by atoms with Crippen LogP contribution in [0.2, 0.25) is 0 Å². The zero-order chi connectivity index (χ0) is 31.6. The fourth-order valence-corrected chi connectivity index (χ4v) is 5.36. The molecule has 3 aromatic carbocycles. The molecule has 0 saturated heterocycles. The average Bonchev–Trinajstić information content (AvgIpc) is 3.02. The van der Waals surface area contributed by atoms with Crippen LogP contribution in [-0.2, 0) is 11.0 Å². The van der Waals surface area contributed by atoms with Crippen molar-refractivity contribution in [2.24, 2.45) is 0 Å². The number of carbonyl (C=O) groups excluding carboxylic acids is 1. The Hall–Kier alpha value is -4.08. The summed E-state index contributed by atoms with van der Waals surface area (Å²) in [5, 5.41) is 9.22. The predicted molar refractivity (Wildman–Crippen MR) is 160 cm³/mol. The van der Waals surface area contributed by atoms with E-state index in [0.29, 0.717) is 29.8 Å². The summed E-state index contributed by atoms with van der Waals surface area (Å²) in [5.74, 6) is 0.0701. The molecule has 1 aliphatic heterocycles. The lowest BCUT2D eigenvalue weighted by molar-refractivity contribution is -0.137. The van der Waals surface area contributed by atoms with Gasteiger partial charge in [0.05, 0.1) is 23.5 Å². The minimum absolute atomic E-state index is 0.174. The Bertz CT molecular complexity index is 1360. The molecule has 6 nitrogen and oxygen atoms in total. The lowest BCUT2D eigenvalue weighted by Crippen LogP contribution is -2.45. The van der Waals surface area contributed by atoms with Crippen LogP contribution in [0.5, 0.6) is 5.75 Å². The van der Waals surface area contributed by atoms with Gasteiger partial charge in [-0.1, -0.05) is 70.4 Å². The Balaban J connectivity index is 0.000000953. The van der Waals surface area contributed by atoms with Crippen LogP contribution in [-0.4, -0.2) is 30.3 Å². The lowest BCUT2D eigenvalue weighted by atomic mass is 9.84. The molecular weight excluding hydrogens is 564 g/mol. The topological polar surface area (TPSA) is 78.9 Å². The zero-order valence-corrected chi connectivity index (χ0v) is 24.6. The molecule has 1 heterocycles. The van der Waals surface area contributed by atoms with E-state index in [0.717, 1.165) is 23.3 Å². The Labute approximate surface area is 249 Å². The standard InChI is InChI=1S/C30H30F4N2O2.C2H6.CH2O2/c1-2-24-18-36(29(37)35-26-14-13-23(31)17-25(26)30(32,33)34)27-15-12-22(16-28(27)38-24)21-10-8-20(9-11-21)19-6-4-3-5-7-19;1-2;2-1-3/h8-17,19,24H,2-7,18H2,1H3,(H,35,37);1-2H3;1H,(H,2,3). The first-order valence-electron chi connectivity index (χ1n) is 14.6. The molecule has 2 aliphatic rings. The fraction of sp³-hybridized carbons (Fsp3) is 0.394. The molecule has 10 heteroatoms. The molecule has 43 heavy (non-hydrogen) atoms. The number of hydrogen-bond donors (Lipinski definition) is 2. The van der Waals surface area contributed by atoms with E-state index < -0.39 is 29.3 Å². The summed E-state index contributed by atoms with van der Waals surface area (Å²) in [6.07, 6.45) is 1.77. The molecule has 0 radical (unpaired) electrons. The Morgan fingerprint density at radius 2 is 1.63 bits per heavy atom. The smallest absolute Gasteiger partial charge is 0.418 e. The van der Waals surface area contributed by atoms with E-state index in [4.69, 9.17) is 14.6 Å². The number of halogens is 4. The summed E-state index contributed by atoms with van der Waals surface area (Å²) in [6, 6.07) is 15.5. The quantitative estimate of drug-likeness (QED) is 0.230. The first-order valence-corrected chi connectivity index (χ1v) is 14.6. The van der Waals surface area contributed by atoms with Gasteiger partial charge in [0.1, 0.15) is 17.7 Å². The van der Waals surface area contributed by atoms with Gasteiger partial charge in [-0.3, -0.25) is 9.69 Å². The van der Waals surface area contributed by atoms with Gasteiger partial charge in [-0.15, -0.1) is 0 Å². The van der Waals surface area contributed by atoms with Crippen LogP contribution >= 0.6 is 0 Å². The van der Waals surface area contributed by atoms with Crippen molar-refractivity contribution in [1.82, 2.24) is 0 Å². The highest BCUT2D eigenvalue weighted by atomic mass is 19.4. The third-order valence-electron chi connectivity index (χ3n) is 7.48. The maximum atomic E-state index is 13.5. The number of ether oxygens (including phenoxy) is 1. The van der Waals surface area contributed by atoms with Crippen LogP contribution in [0.3, 0.4) is 0 Å². The van der Waals surface area contributed by atoms with Crippen molar-refractivity contribution in [2.45, 2.75) is 77.5 Å². The number of nitrogens with one attached hydrogen (secondary N) is 1. The summed E-state index contributed by atoms with van der Waals surface area (Å²) in [7, 11) is 0. The van der Waals surface area contributed by atoms with Crippen LogP contribution in [0.1, 0.15) is 76.3 Å². The Morgan fingerprint density at radius 3 is 2.23 bits per heavy atom. The number of alkyl halides is 3. The largest absolute Gasteiger partial charge is 0.486 e. The van der Waals surface area contributed by atoms with Crippen LogP contribution in [0, 0.1) is 5.82 Å². The van der Waals surface area contributed by atoms with Crippen molar-refractivity contribution < 1.29 is 37.0 Å². The average molecular weight is 603 g/mol. The van der Waals surface area contributed by atoms with E-state index in [-0.39, 0.29) is 19.1 Å². The molecular formula is C33H38F4N2O4. The second-order valence-electron chi connectivity index (χ2n) is 10.1. The monoisotopic (exact) mass is 602 g/mol. The molecule has 2 amide bonds. The molecule has 0 bridgehead atoms. The van der Waals surface area contributed by atoms with Crippen molar-refractivity contribution >= 4 is 23.9 Å². The normalized spacial score (nSPS) is 16.3. The van der Waals surface area contributed by atoms with E-state index in [1.165, 1.54) is 42.6 Å². The van der Waals surface area contributed by atoms with Gasteiger partial charge in [0.25, 0.3) is 6.47 Å². The van der Waals surface area contributed by atoms with E-state index in [2.05, 4.69) is 29.6 Å².